The van der Waals surface area contributed by atoms with Crippen molar-refractivity contribution in [3.8, 4) is 0 Å². The van der Waals surface area contributed by atoms with Crippen LogP contribution < -0.4 is 5.32 Å². The van der Waals surface area contributed by atoms with Crippen molar-refractivity contribution in [1.29, 1.82) is 0 Å². The van der Waals surface area contributed by atoms with Gasteiger partial charge in [-0.25, -0.2) is 4.79 Å². The van der Waals surface area contributed by atoms with E-state index >= 15 is 0 Å². The van der Waals surface area contributed by atoms with Crippen molar-refractivity contribution in [2.75, 3.05) is 0 Å². The third-order valence-electron chi connectivity index (χ3n) is 4.08. The molecule has 4 atom stereocenters. The summed E-state index contributed by atoms with van der Waals surface area (Å²) in [5.41, 5.74) is 0.647. The van der Waals surface area contributed by atoms with E-state index in [1.54, 1.807) is 6.20 Å². The first-order valence-electron chi connectivity index (χ1n) is 7.20. The van der Waals surface area contributed by atoms with E-state index in [2.05, 4.69) is 34.6 Å². The maximum Gasteiger partial charge on any atom is 0.337 e. The van der Waals surface area contributed by atoms with E-state index in [1.165, 1.54) is 0 Å². The van der Waals surface area contributed by atoms with Gasteiger partial charge in [-0.1, -0.05) is 24.3 Å². The summed E-state index contributed by atoms with van der Waals surface area (Å²) in [6.07, 6.45) is 12.9. The van der Waals surface area contributed by atoms with Crippen molar-refractivity contribution in [2.45, 2.75) is 38.5 Å². The summed E-state index contributed by atoms with van der Waals surface area (Å²) < 4.78 is 5.35. The second-order valence-corrected chi connectivity index (χ2v) is 5.79. The van der Waals surface area contributed by atoms with Crippen LogP contribution in [0.5, 0.6) is 0 Å². The number of nitrogens with zero attached hydrogens (tertiary/aromatic N) is 1. The summed E-state index contributed by atoms with van der Waals surface area (Å²) in [5.74, 6) is 0.524. The zero-order valence-corrected chi connectivity index (χ0v) is 11.8. The molecule has 0 bridgehead atoms. The van der Waals surface area contributed by atoms with E-state index in [0.717, 1.165) is 6.42 Å². The van der Waals surface area contributed by atoms with Gasteiger partial charge in [-0.05, 0) is 26.2 Å². The molecule has 4 heteroatoms. The Morgan fingerprint density at radius 2 is 2.20 bits per heavy atom. The molecule has 0 saturated carbocycles. The highest BCUT2D eigenvalue weighted by molar-refractivity contribution is 5.90. The molecular formula is C16H20N2O2. The molecule has 3 aliphatic rings. The van der Waals surface area contributed by atoms with Gasteiger partial charge in [-0.2, -0.15) is 0 Å². The number of ether oxygens (including phenoxy) is 1. The van der Waals surface area contributed by atoms with Crippen molar-refractivity contribution in [1.82, 2.24) is 5.32 Å². The molecule has 2 heterocycles. The molecule has 0 spiro atoms. The van der Waals surface area contributed by atoms with Crippen LogP contribution in [0.4, 0.5) is 0 Å². The van der Waals surface area contributed by atoms with Gasteiger partial charge in [0, 0.05) is 30.4 Å². The first-order chi connectivity index (χ1) is 9.66. The first-order valence-corrected chi connectivity index (χ1v) is 7.20. The van der Waals surface area contributed by atoms with Gasteiger partial charge in [0.15, 0.2) is 0 Å². The zero-order valence-electron chi connectivity index (χ0n) is 11.8. The molecule has 3 rings (SSSR count). The number of allylic oxidation sites excluding steroid dienone is 2. The van der Waals surface area contributed by atoms with Crippen molar-refractivity contribution < 1.29 is 9.53 Å². The Morgan fingerprint density at radius 3 is 3.00 bits per heavy atom. The number of esters is 1. The van der Waals surface area contributed by atoms with Crippen molar-refractivity contribution in [3.05, 3.63) is 36.1 Å². The fraction of sp³-hybridized carbons (Fsp3) is 0.500. The van der Waals surface area contributed by atoms with E-state index in [1.807, 2.05) is 20.1 Å². The van der Waals surface area contributed by atoms with Gasteiger partial charge < -0.3 is 10.1 Å². The Bertz CT molecular complexity index is 517. The highest BCUT2D eigenvalue weighted by Gasteiger charge is 2.44. The number of nitrogens with one attached hydrogen (secondary N) is 1. The molecule has 0 aromatic carbocycles. The van der Waals surface area contributed by atoms with E-state index in [-0.39, 0.29) is 18.1 Å². The van der Waals surface area contributed by atoms with E-state index in [0.29, 0.717) is 23.5 Å². The smallest absolute Gasteiger partial charge is 0.337 e. The average molecular weight is 272 g/mol. The number of hydrogen-bond donors (Lipinski definition) is 1. The summed E-state index contributed by atoms with van der Waals surface area (Å²) in [7, 11) is 0. The van der Waals surface area contributed by atoms with Crippen molar-refractivity contribution in [2.24, 2.45) is 16.8 Å². The average Bonchev–Trinajstić information content (AvgIpc) is 2.63. The minimum Gasteiger partial charge on any atom is -0.460 e. The van der Waals surface area contributed by atoms with Gasteiger partial charge in [0.25, 0.3) is 0 Å². The molecule has 106 valence electrons. The number of rotatable bonds is 2. The molecule has 1 N–H and O–H groups in total. The van der Waals surface area contributed by atoms with Gasteiger partial charge in [-0.15, -0.1) is 0 Å². The molecule has 20 heavy (non-hydrogen) atoms. The molecule has 2 aliphatic heterocycles. The Morgan fingerprint density at radius 1 is 1.40 bits per heavy atom. The lowest BCUT2D eigenvalue weighted by Gasteiger charge is -2.22. The lowest BCUT2D eigenvalue weighted by molar-refractivity contribution is -0.143. The largest absolute Gasteiger partial charge is 0.460 e. The summed E-state index contributed by atoms with van der Waals surface area (Å²) in [4.78, 5) is 16.5. The second-order valence-electron chi connectivity index (χ2n) is 5.79. The summed E-state index contributed by atoms with van der Waals surface area (Å²) >= 11 is 0. The molecule has 0 radical (unpaired) electrons. The minimum absolute atomic E-state index is 0.0196. The molecule has 0 amide bonds. The predicted molar refractivity (Wildman–Crippen MR) is 78.4 cm³/mol. The van der Waals surface area contributed by atoms with E-state index in [9.17, 15) is 4.79 Å². The molecule has 0 aromatic rings. The van der Waals surface area contributed by atoms with Crippen LogP contribution in [0.3, 0.4) is 0 Å². The van der Waals surface area contributed by atoms with Gasteiger partial charge in [-0.3, -0.25) is 4.99 Å². The molecule has 0 aromatic heterocycles. The first kappa shape index (κ1) is 13.3. The monoisotopic (exact) mass is 272 g/mol. The van der Waals surface area contributed by atoms with Crippen LogP contribution in [-0.2, 0) is 9.53 Å². The third-order valence-corrected chi connectivity index (χ3v) is 4.08. The molecule has 1 saturated heterocycles. The van der Waals surface area contributed by atoms with Crippen LogP contribution in [0.15, 0.2) is 41.1 Å². The number of carbonyl (C=O) groups excluding carboxylic acids is 1. The zero-order chi connectivity index (χ0) is 14.1. The van der Waals surface area contributed by atoms with Crippen LogP contribution in [-0.4, -0.2) is 30.4 Å². The third kappa shape index (κ3) is 2.36. The predicted octanol–water partition coefficient (Wildman–Crippen LogP) is 2.00. The highest BCUT2D eigenvalue weighted by Crippen LogP contribution is 2.37. The van der Waals surface area contributed by atoms with Crippen LogP contribution in [0.25, 0.3) is 0 Å². The SMILES string of the molecule is CC(C)OC(=O)C1=CN=CCC2C1NC1C=CC=CC12. The van der Waals surface area contributed by atoms with E-state index < -0.39 is 0 Å². The van der Waals surface area contributed by atoms with Gasteiger partial charge in [0.05, 0.1) is 11.7 Å². The Kier molecular flexibility index (Phi) is 3.57. The van der Waals surface area contributed by atoms with Gasteiger partial charge in [0.1, 0.15) is 0 Å². The van der Waals surface area contributed by atoms with Crippen LogP contribution >= 0.6 is 0 Å². The number of hydrogen-bond acceptors (Lipinski definition) is 4. The molecular weight excluding hydrogens is 252 g/mol. The summed E-state index contributed by atoms with van der Waals surface area (Å²) in [6, 6.07) is 0.322. The molecule has 1 aliphatic carbocycles. The lowest BCUT2D eigenvalue weighted by atomic mass is 9.81. The number of fused-ring (bicyclic) bond motifs is 3. The molecule has 4 nitrogen and oxygen atoms in total. The minimum atomic E-state index is -0.256. The Balaban J connectivity index is 1.86. The number of aliphatic imine (C=N–C) groups is 1. The Hall–Kier alpha value is -1.68. The standard InChI is InChI=1S/C16H20N2O2/c1-10(2)20-16(19)13-9-17-8-7-12-11-5-3-4-6-14(11)18-15(12)13/h3-6,8-12,14-15,18H,7H2,1-2H3. The highest BCUT2D eigenvalue weighted by atomic mass is 16.5. The quantitative estimate of drug-likeness (QED) is 0.782. The maximum absolute atomic E-state index is 12.3. The summed E-state index contributed by atoms with van der Waals surface area (Å²) in [6.45, 7) is 3.73. The second kappa shape index (κ2) is 5.37. The fourth-order valence-electron chi connectivity index (χ4n) is 3.22. The summed E-state index contributed by atoms with van der Waals surface area (Å²) in [5, 5.41) is 3.55. The number of carbonyl (C=O) groups is 1. The maximum atomic E-state index is 12.3. The van der Waals surface area contributed by atoms with Crippen LogP contribution in [0.2, 0.25) is 0 Å². The van der Waals surface area contributed by atoms with E-state index in [4.69, 9.17) is 4.74 Å². The van der Waals surface area contributed by atoms with Crippen molar-refractivity contribution in [3.63, 3.8) is 0 Å². The van der Waals surface area contributed by atoms with Gasteiger partial charge in [0.2, 0.25) is 0 Å². The lowest BCUT2D eigenvalue weighted by Crippen LogP contribution is -2.36. The van der Waals surface area contributed by atoms with Crippen LogP contribution in [0.1, 0.15) is 20.3 Å². The normalized spacial score (nSPS) is 34.5. The molecule has 4 unspecified atom stereocenters. The molecule has 1 fully saturated rings. The topological polar surface area (TPSA) is 50.7 Å². The van der Waals surface area contributed by atoms with Gasteiger partial charge >= 0.3 is 5.97 Å². The Labute approximate surface area is 119 Å². The van der Waals surface area contributed by atoms with Crippen molar-refractivity contribution >= 4 is 12.2 Å². The van der Waals surface area contributed by atoms with Crippen LogP contribution in [0, 0.1) is 11.8 Å². The fourth-order valence-corrected chi connectivity index (χ4v) is 3.22.